The number of rotatable bonds is 1. The van der Waals surface area contributed by atoms with E-state index in [0.29, 0.717) is 23.2 Å². The van der Waals surface area contributed by atoms with Crippen molar-refractivity contribution in [3.05, 3.63) is 41.3 Å². The minimum atomic E-state index is -3.06. The van der Waals surface area contributed by atoms with Crippen LogP contribution in [-0.4, -0.2) is 24.4 Å². The fourth-order valence-corrected chi connectivity index (χ4v) is 3.60. The second-order valence-electron chi connectivity index (χ2n) is 4.38. The van der Waals surface area contributed by atoms with E-state index in [1.165, 1.54) is 12.1 Å². The van der Waals surface area contributed by atoms with Crippen molar-refractivity contribution in [2.75, 3.05) is 5.75 Å². The molecule has 0 amide bonds. The Labute approximate surface area is 104 Å². The van der Waals surface area contributed by atoms with Crippen molar-refractivity contribution >= 4 is 9.84 Å². The van der Waals surface area contributed by atoms with Crippen LogP contribution < -0.4 is 0 Å². The largest absolute Gasteiger partial charge is 0.282 e. The third-order valence-corrected chi connectivity index (χ3v) is 4.63. The first-order chi connectivity index (χ1) is 8.55. The Morgan fingerprint density at radius 1 is 1.33 bits per heavy atom. The van der Waals surface area contributed by atoms with Crippen molar-refractivity contribution in [3.8, 4) is 11.3 Å². The lowest BCUT2D eigenvalue weighted by molar-refractivity contribution is 0.591. The zero-order valence-corrected chi connectivity index (χ0v) is 10.3. The Kier molecular flexibility index (Phi) is 2.48. The highest BCUT2D eigenvalue weighted by atomic mass is 32.2. The molecule has 4 nitrogen and oxygen atoms in total. The Morgan fingerprint density at radius 2 is 2.17 bits per heavy atom. The van der Waals surface area contributed by atoms with Gasteiger partial charge in [-0.2, -0.15) is 5.10 Å². The monoisotopic (exact) mass is 266 g/mol. The van der Waals surface area contributed by atoms with Gasteiger partial charge in [0.15, 0.2) is 9.84 Å². The summed E-state index contributed by atoms with van der Waals surface area (Å²) in [5, 5.41) is 6.96. The van der Waals surface area contributed by atoms with Gasteiger partial charge < -0.3 is 0 Å². The highest BCUT2D eigenvalue weighted by molar-refractivity contribution is 7.90. The van der Waals surface area contributed by atoms with E-state index in [0.717, 1.165) is 5.69 Å². The molecular weight excluding hydrogens is 255 g/mol. The summed E-state index contributed by atoms with van der Waals surface area (Å²) >= 11 is 0. The lowest BCUT2D eigenvalue weighted by Gasteiger charge is -2.12. The van der Waals surface area contributed by atoms with Crippen molar-refractivity contribution in [1.82, 2.24) is 10.2 Å². The fourth-order valence-electron chi connectivity index (χ4n) is 2.19. The van der Waals surface area contributed by atoms with Crippen LogP contribution in [0.4, 0.5) is 4.39 Å². The molecule has 94 valence electrons. The maximum Gasteiger partial charge on any atom is 0.154 e. The predicted molar refractivity (Wildman–Crippen MR) is 65.2 cm³/mol. The molecule has 1 N–H and O–H groups in total. The van der Waals surface area contributed by atoms with Crippen molar-refractivity contribution in [3.63, 3.8) is 0 Å². The Balaban J connectivity index is 2.13. The van der Waals surface area contributed by atoms with Crippen LogP contribution in [0.5, 0.6) is 0 Å². The molecule has 2 aromatic rings. The third-order valence-electron chi connectivity index (χ3n) is 3.08. The molecule has 1 aliphatic heterocycles. The molecule has 3 rings (SSSR count). The van der Waals surface area contributed by atoms with E-state index in [1.54, 1.807) is 12.1 Å². The number of aryl methyl sites for hydroxylation is 1. The fraction of sp³-hybridized carbons (Fsp3) is 0.250. The van der Waals surface area contributed by atoms with Crippen molar-refractivity contribution in [1.29, 1.82) is 0 Å². The zero-order valence-electron chi connectivity index (χ0n) is 9.48. The summed E-state index contributed by atoms with van der Waals surface area (Å²) in [5.74, 6) is -0.238. The van der Waals surface area contributed by atoms with E-state index in [4.69, 9.17) is 0 Å². The van der Waals surface area contributed by atoms with Crippen LogP contribution in [0.2, 0.25) is 0 Å². The molecule has 0 fully saturated rings. The molecule has 18 heavy (non-hydrogen) atoms. The van der Waals surface area contributed by atoms with Crippen LogP contribution in [0, 0.1) is 5.82 Å². The number of aromatic amines is 1. The predicted octanol–water partition coefficient (Wildman–Crippen LogP) is 1.69. The molecule has 0 saturated carbocycles. The minimum absolute atomic E-state index is 0.0231. The number of nitrogens with one attached hydrogen (secondary N) is 1. The number of hydrogen-bond acceptors (Lipinski definition) is 3. The minimum Gasteiger partial charge on any atom is -0.282 e. The van der Waals surface area contributed by atoms with Crippen LogP contribution in [-0.2, 0) is 22.0 Å². The van der Waals surface area contributed by atoms with Gasteiger partial charge in [0, 0.05) is 23.2 Å². The third kappa shape index (κ3) is 1.92. The van der Waals surface area contributed by atoms with E-state index >= 15 is 0 Å². The lowest BCUT2D eigenvalue weighted by atomic mass is 10.1. The van der Waals surface area contributed by atoms with Gasteiger partial charge >= 0.3 is 0 Å². The second-order valence-corrected chi connectivity index (χ2v) is 6.57. The van der Waals surface area contributed by atoms with E-state index in [1.807, 2.05) is 0 Å². The highest BCUT2D eigenvalue weighted by Gasteiger charge is 2.26. The number of hydrogen-bond donors (Lipinski definition) is 1. The smallest absolute Gasteiger partial charge is 0.154 e. The average molecular weight is 266 g/mol. The molecule has 1 aliphatic rings. The SMILES string of the molecule is O=S1(=O)CCc2[nH]nc(-c3cccc(F)c3)c2C1. The van der Waals surface area contributed by atoms with Gasteiger partial charge in [-0.25, -0.2) is 12.8 Å². The van der Waals surface area contributed by atoms with Gasteiger partial charge in [-0.15, -0.1) is 0 Å². The first kappa shape index (κ1) is 11.4. The van der Waals surface area contributed by atoms with Gasteiger partial charge in [0.05, 0.1) is 17.2 Å². The first-order valence-electron chi connectivity index (χ1n) is 5.58. The van der Waals surface area contributed by atoms with Crippen molar-refractivity contribution in [2.45, 2.75) is 12.2 Å². The summed E-state index contributed by atoms with van der Waals surface area (Å²) in [6.07, 6.45) is 0.444. The summed E-state index contributed by atoms with van der Waals surface area (Å²) in [5.41, 5.74) is 2.65. The molecule has 2 heterocycles. The molecule has 0 unspecified atom stereocenters. The number of halogens is 1. The zero-order chi connectivity index (χ0) is 12.8. The van der Waals surface area contributed by atoms with Gasteiger partial charge in [0.25, 0.3) is 0 Å². The molecule has 1 aromatic heterocycles. The van der Waals surface area contributed by atoms with Gasteiger partial charge in [0.1, 0.15) is 5.82 Å². The van der Waals surface area contributed by atoms with E-state index in [-0.39, 0.29) is 17.3 Å². The Hall–Kier alpha value is -1.69. The molecular formula is C12H11FN2O2S. The Bertz CT molecular complexity index is 707. The van der Waals surface area contributed by atoms with E-state index < -0.39 is 9.84 Å². The van der Waals surface area contributed by atoms with Crippen LogP contribution >= 0.6 is 0 Å². The van der Waals surface area contributed by atoms with Crippen LogP contribution in [0.25, 0.3) is 11.3 Å². The maximum absolute atomic E-state index is 13.2. The normalized spacial score (nSPS) is 17.4. The van der Waals surface area contributed by atoms with Crippen LogP contribution in [0.3, 0.4) is 0 Å². The molecule has 0 spiro atoms. The topological polar surface area (TPSA) is 62.8 Å². The number of fused-ring (bicyclic) bond motifs is 1. The van der Waals surface area contributed by atoms with Crippen LogP contribution in [0.1, 0.15) is 11.3 Å². The molecule has 6 heteroatoms. The van der Waals surface area contributed by atoms with Crippen molar-refractivity contribution < 1.29 is 12.8 Å². The van der Waals surface area contributed by atoms with Gasteiger partial charge in [-0.1, -0.05) is 12.1 Å². The molecule has 0 bridgehead atoms. The number of sulfone groups is 1. The molecule has 0 aliphatic carbocycles. The molecule has 0 radical (unpaired) electrons. The first-order valence-corrected chi connectivity index (χ1v) is 7.40. The summed E-state index contributed by atoms with van der Waals surface area (Å²) in [6.45, 7) is 0. The maximum atomic E-state index is 13.2. The van der Waals surface area contributed by atoms with E-state index in [9.17, 15) is 12.8 Å². The van der Waals surface area contributed by atoms with Crippen molar-refractivity contribution in [2.24, 2.45) is 0 Å². The lowest BCUT2D eigenvalue weighted by Crippen LogP contribution is -2.18. The summed E-state index contributed by atoms with van der Waals surface area (Å²) in [6, 6.07) is 6.01. The molecule has 0 atom stereocenters. The molecule has 1 aromatic carbocycles. The second kappa shape index (κ2) is 3.91. The number of nitrogens with zero attached hydrogens (tertiary/aromatic N) is 1. The molecule has 0 saturated heterocycles. The summed E-state index contributed by atoms with van der Waals surface area (Å²) < 4.78 is 36.5. The standard InChI is InChI=1S/C12H11FN2O2S/c13-9-3-1-2-8(6-9)12-10-7-18(16,17)5-4-11(10)14-15-12/h1-3,6H,4-5,7H2,(H,14,15). The number of aromatic nitrogens is 2. The van der Waals surface area contributed by atoms with Gasteiger partial charge in [-0.3, -0.25) is 5.10 Å². The van der Waals surface area contributed by atoms with Gasteiger partial charge in [0.2, 0.25) is 0 Å². The average Bonchev–Trinajstić information content (AvgIpc) is 2.70. The highest BCUT2D eigenvalue weighted by Crippen LogP contribution is 2.29. The quantitative estimate of drug-likeness (QED) is 0.854. The summed E-state index contributed by atoms with van der Waals surface area (Å²) in [4.78, 5) is 0. The number of benzene rings is 1. The number of H-pyrrole nitrogens is 1. The Morgan fingerprint density at radius 3 is 2.94 bits per heavy atom. The van der Waals surface area contributed by atoms with E-state index in [2.05, 4.69) is 10.2 Å². The van der Waals surface area contributed by atoms with Crippen LogP contribution in [0.15, 0.2) is 24.3 Å². The summed E-state index contributed by atoms with van der Waals surface area (Å²) in [7, 11) is -3.06. The van der Waals surface area contributed by atoms with Gasteiger partial charge in [-0.05, 0) is 12.1 Å².